The normalized spacial score (nSPS) is 27.8. The highest BCUT2D eigenvalue weighted by atomic mass is 32.2. The van der Waals surface area contributed by atoms with E-state index in [1.54, 1.807) is 4.90 Å². The summed E-state index contributed by atoms with van der Waals surface area (Å²) in [5, 5.41) is 11.8. The Kier molecular flexibility index (Phi) is 12.3. The zero-order chi connectivity index (χ0) is 38.1. The Labute approximate surface area is 312 Å². The van der Waals surface area contributed by atoms with Crippen molar-refractivity contribution < 1.29 is 28.2 Å². The zero-order valence-corrected chi connectivity index (χ0v) is 33.2. The summed E-state index contributed by atoms with van der Waals surface area (Å²) in [7, 11) is -2.56. The van der Waals surface area contributed by atoms with Gasteiger partial charge in [0.05, 0.1) is 11.6 Å². The van der Waals surface area contributed by atoms with E-state index in [1.807, 2.05) is 20.8 Å². The number of hydrogen-bond donors (Lipinski definition) is 4. The average Bonchev–Trinajstić information content (AvgIpc) is 3.37. The molecule has 11 nitrogen and oxygen atoms in total. The summed E-state index contributed by atoms with van der Waals surface area (Å²) in [6.45, 7) is 14.1. The van der Waals surface area contributed by atoms with Crippen LogP contribution in [0, 0.1) is 29.1 Å². The van der Waals surface area contributed by atoms with Crippen LogP contribution in [0.1, 0.15) is 125 Å². The number of fused-ring (bicyclic) bond motifs is 1. The summed E-state index contributed by atoms with van der Waals surface area (Å²) in [6, 6.07) is -3.08. The van der Waals surface area contributed by atoms with Crippen molar-refractivity contribution in [2.75, 3.05) is 18.8 Å². The highest BCUT2D eigenvalue weighted by Gasteiger charge is 2.70. The third kappa shape index (κ3) is 8.73. The van der Waals surface area contributed by atoms with E-state index in [-0.39, 0.29) is 47.3 Å². The lowest BCUT2D eigenvalue weighted by Gasteiger charge is -2.42. The molecule has 6 atom stereocenters. The fourth-order valence-corrected chi connectivity index (χ4v) is 11.1. The number of ketones is 1. The molecule has 12 heteroatoms. The molecule has 5 fully saturated rings. The Morgan fingerprint density at radius 3 is 2.13 bits per heavy atom. The van der Waals surface area contributed by atoms with Crippen molar-refractivity contribution in [2.45, 2.75) is 153 Å². The Balaban J connectivity index is 1.37. The number of amides is 5. The van der Waals surface area contributed by atoms with Gasteiger partial charge in [0, 0.05) is 23.6 Å². The van der Waals surface area contributed by atoms with Crippen molar-refractivity contribution in [2.24, 2.45) is 29.1 Å². The highest BCUT2D eigenvalue weighted by Crippen LogP contribution is 2.65. The second-order valence-corrected chi connectivity index (χ2v) is 21.4. The summed E-state index contributed by atoms with van der Waals surface area (Å²) in [4.78, 5) is 70.9. The third-order valence-corrected chi connectivity index (χ3v) is 16.6. The molecule has 5 aliphatic rings. The minimum Gasteiger partial charge on any atom is -0.346 e. The van der Waals surface area contributed by atoms with Crippen LogP contribution in [-0.4, -0.2) is 91.8 Å². The molecule has 0 aromatic heterocycles. The highest BCUT2D eigenvalue weighted by molar-refractivity contribution is 8.01. The number of urea groups is 1. The molecular formula is C40H65N5O6S. The summed E-state index contributed by atoms with van der Waals surface area (Å²) in [5.74, 6) is 2.46. The van der Waals surface area contributed by atoms with E-state index < -0.39 is 61.6 Å². The molecule has 1 saturated heterocycles. The Hall–Kier alpha value is -2.89. The van der Waals surface area contributed by atoms with E-state index in [4.69, 9.17) is 0 Å². The second kappa shape index (κ2) is 15.8. The molecule has 52 heavy (non-hydrogen) atoms. The minimum absolute atomic E-state index is 0.0870. The number of carbonyl (C=O) groups is 5. The van der Waals surface area contributed by atoms with Crippen LogP contribution in [0.5, 0.6) is 0 Å². The number of hydrogen-bond acceptors (Lipinski definition) is 6. The third-order valence-electron chi connectivity index (χ3n) is 13.3. The van der Waals surface area contributed by atoms with E-state index in [9.17, 15) is 28.2 Å². The van der Waals surface area contributed by atoms with Crippen LogP contribution in [0.3, 0.4) is 0 Å². The van der Waals surface area contributed by atoms with E-state index in [0.717, 1.165) is 70.6 Å². The first kappa shape index (κ1) is 40.3. The number of likely N-dealkylation sites (tertiary alicyclic amines) is 1. The number of nitrogens with one attached hydrogen (secondary N) is 4. The number of nitrogens with zero attached hydrogens (tertiary/aromatic N) is 1. The maximum atomic E-state index is 14.8. The van der Waals surface area contributed by atoms with E-state index >= 15 is 0 Å². The van der Waals surface area contributed by atoms with Crippen LogP contribution in [0.4, 0.5) is 4.79 Å². The van der Waals surface area contributed by atoms with Crippen LogP contribution in [0.15, 0.2) is 12.7 Å². The van der Waals surface area contributed by atoms with Gasteiger partial charge >= 0.3 is 6.03 Å². The van der Waals surface area contributed by atoms with Gasteiger partial charge in [0.1, 0.15) is 12.1 Å². The molecule has 1 aliphatic heterocycles. The van der Waals surface area contributed by atoms with E-state index in [2.05, 4.69) is 47.6 Å². The fraction of sp³-hybridized carbons (Fsp3) is 0.800. The SMILES string of the molecule is C=CCNC(=O)C(=O)C(CC1CCC1)NC(=O)[C@@H]1[C@@H]2[C@H](CN1C(=O)[C@@H](NC(=O)NC1(CS(=C)(=O)C(C)(C)C)CCCCC1)C1CCCCC1)C2(C)C. The maximum absolute atomic E-state index is 14.8. The van der Waals surface area contributed by atoms with Crippen LogP contribution in [0.2, 0.25) is 0 Å². The predicted molar refractivity (Wildman–Crippen MR) is 206 cm³/mol. The van der Waals surface area contributed by atoms with Crippen molar-refractivity contribution in [1.29, 1.82) is 0 Å². The number of Topliss-reactive ketones (excluding diaryl/α,β-unsaturated/α-hetero) is 1. The molecular weight excluding hydrogens is 679 g/mol. The van der Waals surface area contributed by atoms with Crippen molar-refractivity contribution in [3.63, 3.8) is 0 Å². The van der Waals surface area contributed by atoms with E-state index in [0.29, 0.717) is 25.8 Å². The molecule has 0 aromatic carbocycles. The maximum Gasteiger partial charge on any atom is 0.315 e. The Morgan fingerprint density at radius 2 is 1.56 bits per heavy atom. The van der Waals surface area contributed by atoms with Crippen molar-refractivity contribution in [3.8, 4) is 0 Å². The summed E-state index contributed by atoms with van der Waals surface area (Å²) < 4.78 is 13.3. The lowest BCUT2D eigenvalue weighted by molar-refractivity contribution is -0.145. The lowest BCUT2D eigenvalue weighted by Crippen LogP contribution is -2.63. The molecule has 5 amide bonds. The molecule has 4 saturated carbocycles. The quantitative estimate of drug-likeness (QED) is 0.117. The van der Waals surface area contributed by atoms with Gasteiger partial charge < -0.3 is 26.2 Å². The molecule has 4 aliphatic carbocycles. The molecule has 4 N–H and O–H groups in total. The average molecular weight is 744 g/mol. The second-order valence-electron chi connectivity index (χ2n) is 18.2. The first-order chi connectivity index (χ1) is 24.4. The van der Waals surface area contributed by atoms with Crippen LogP contribution in [-0.2, 0) is 28.7 Å². The topological polar surface area (TPSA) is 154 Å². The molecule has 1 heterocycles. The van der Waals surface area contributed by atoms with Crippen LogP contribution >= 0.6 is 0 Å². The molecule has 0 spiro atoms. The largest absolute Gasteiger partial charge is 0.346 e. The summed E-state index contributed by atoms with van der Waals surface area (Å²) in [6.07, 6.45) is 13.7. The van der Waals surface area contributed by atoms with E-state index in [1.165, 1.54) is 6.08 Å². The number of rotatable bonds is 14. The molecule has 0 radical (unpaired) electrons. The number of piperidine rings is 1. The van der Waals surface area contributed by atoms with Gasteiger partial charge in [-0.1, -0.05) is 77.7 Å². The lowest BCUT2D eigenvalue weighted by atomic mass is 9.80. The predicted octanol–water partition coefficient (Wildman–Crippen LogP) is 4.48. The first-order valence-electron chi connectivity index (χ1n) is 19.9. The van der Waals surface area contributed by atoms with Gasteiger partial charge in [-0.3, -0.25) is 23.4 Å². The van der Waals surface area contributed by atoms with Gasteiger partial charge in [-0.05, 0) is 97.4 Å². The van der Waals surface area contributed by atoms with Gasteiger partial charge in [-0.2, -0.15) is 0 Å². The van der Waals surface area contributed by atoms with Gasteiger partial charge in [-0.25, -0.2) is 4.79 Å². The fourth-order valence-electron chi connectivity index (χ4n) is 9.42. The standard InChI is InChI=1S/C40H65N5O6S/c1-8-22-41-35(48)33(46)29(23-26-16-15-17-26)42-34(47)32-30-28(39(30,5)6)24-45(32)36(49)31(27-18-11-9-12-19-27)43-37(50)44-40(20-13-10-14-21-40)25-52(7,51)38(2,3)4/h8,26-32H,1,7,9-25H2,2-6H3,(H,41,48)(H,42,47)(H2,43,44,50)/t28-,29?,30-,31-,32-,52?/m0/s1. The van der Waals surface area contributed by atoms with Crippen molar-refractivity contribution in [1.82, 2.24) is 26.2 Å². The molecule has 2 unspecified atom stereocenters. The number of carbonyl (C=O) groups excluding carboxylic acids is 5. The van der Waals surface area contributed by atoms with Gasteiger partial charge in [0.15, 0.2) is 0 Å². The molecule has 0 aromatic rings. The van der Waals surface area contributed by atoms with Crippen LogP contribution in [0.25, 0.3) is 0 Å². The zero-order valence-electron chi connectivity index (χ0n) is 32.4. The van der Waals surface area contributed by atoms with Gasteiger partial charge in [-0.15, -0.1) is 6.58 Å². The van der Waals surface area contributed by atoms with Gasteiger partial charge in [0.25, 0.3) is 5.91 Å². The first-order valence-corrected chi connectivity index (χ1v) is 21.8. The minimum atomic E-state index is -2.56. The summed E-state index contributed by atoms with van der Waals surface area (Å²) >= 11 is 0. The van der Waals surface area contributed by atoms with Crippen LogP contribution < -0.4 is 21.3 Å². The summed E-state index contributed by atoms with van der Waals surface area (Å²) in [5.41, 5.74) is -0.850. The Bertz CT molecular complexity index is 1490. The molecule has 5 rings (SSSR count). The monoisotopic (exact) mass is 743 g/mol. The molecule has 0 bridgehead atoms. The van der Waals surface area contributed by atoms with Crippen molar-refractivity contribution >= 4 is 44.9 Å². The molecule has 292 valence electrons. The van der Waals surface area contributed by atoms with Gasteiger partial charge in [0.2, 0.25) is 17.6 Å². The smallest absolute Gasteiger partial charge is 0.315 e. The Morgan fingerprint density at radius 1 is 0.923 bits per heavy atom. The van der Waals surface area contributed by atoms with Crippen molar-refractivity contribution in [3.05, 3.63) is 12.7 Å².